The second-order valence-electron chi connectivity index (χ2n) is 7.91. The molecule has 0 unspecified atom stereocenters. The third-order valence-corrected chi connectivity index (χ3v) is 6.47. The molecule has 1 saturated carbocycles. The first kappa shape index (κ1) is 23.6. The van der Waals surface area contributed by atoms with Crippen LogP contribution >= 0.6 is 12.2 Å². The molecule has 2 amide bonds. The van der Waals surface area contributed by atoms with Crippen molar-refractivity contribution in [2.75, 3.05) is 11.9 Å². The Morgan fingerprint density at radius 3 is 2.56 bits per heavy atom. The molecule has 2 fully saturated rings. The molecule has 7 nitrogen and oxygen atoms in total. The minimum atomic E-state index is -4.77. The standard InChI is InChI=1S/C22H17F4N5O2S/c1-28-18(32)14-5-3-12(9-16(14)23)31-20(34)30(19(33)21(31)7-2-8-21)13-4-6-15(22(24,25)26)17(10-27)29-11-13/h3-5,9,11H,2,6-8H2,1H3,(H,28,32). The molecule has 1 spiro atoms. The maximum Gasteiger partial charge on any atom is 0.415 e. The van der Waals surface area contributed by atoms with E-state index in [1.54, 1.807) is 0 Å². The second-order valence-corrected chi connectivity index (χ2v) is 8.28. The summed E-state index contributed by atoms with van der Waals surface area (Å²) in [5.74, 6) is -1.90. The summed E-state index contributed by atoms with van der Waals surface area (Å²) >= 11 is 5.53. The van der Waals surface area contributed by atoms with Crippen LogP contribution in [0.5, 0.6) is 0 Å². The first-order valence-electron chi connectivity index (χ1n) is 10.2. The highest BCUT2D eigenvalue weighted by molar-refractivity contribution is 7.80. The van der Waals surface area contributed by atoms with E-state index in [4.69, 9.17) is 17.5 Å². The maximum atomic E-state index is 14.7. The first-order chi connectivity index (χ1) is 16.0. The van der Waals surface area contributed by atoms with E-state index in [2.05, 4.69) is 10.3 Å². The Bertz CT molecular complexity index is 1240. The van der Waals surface area contributed by atoms with Crippen LogP contribution in [0.25, 0.3) is 0 Å². The lowest BCUT2D eigenvalue weighted by Gasteiger charge is -2.43. The van der Waals surface area contributed by atoms with Crippen molar-refractivity contribution in [3.05, 3.63) is 52.6 Å². The van der Waals surface area contributed by atoms with Crippen molar-refractivity contribution >= 4 is 41.0 Å². The summed E-state index contributed by atoms with van der Waals surface area (Å²) in [6.07, 6.45) is -1.78. The Morgan fingerprint density at radius 2 is 2.03 bits per heavy atom. The quantitative estimate of drug-likeness (QED) is 0.514. The smallest absolute Gasteiger partial charge is 0.355 e. The van der Waals surface area contributed by atoms with Crippen LogP contribution in [0.4, 0.5) is 23.2 Å². The van der Waals surface area contributed by atoms with Gasteiger partial charge < -0.3 is 10.2 Å². The van der Waals surface area contributed by atoms with Gasteiger partial charge in [-0.1, -0.05) is 6.08 Å². The Balaban J connectivity index is 1.73. The molecule has 0 atom stereocenters. The van der Waals surface area contributed by atoms with Gasteiger partial charge in [0.15, 0.2) is 5.11 Å². The Labute approximate surface area is 197 Å². The number of carbonyl (C=O) groups excluding carboxylic acids is 2. The Morgan fingerprint density at radius 1 is 1.32 bits per heavy atom. The van der Waals surface area contributed by atoms with Gasteiger partial charge in [-0.05, 0) is 49.7 Å². The van der Waals surface area contributed by atoms with Crippen molar-refractivity contribution in [1.29, 1.82) is 5.26 Å². The summed E-state index contributed by atoms with van der Waals surface area (Å²) in [6, 6.07) is 5.27. The summed E-state index contributed by atoms with van der Waals surface area (Å²) in [5.41, 5.74) is -2.98. The van der Waals surface area contributed by atoms with Gasteiger partial charge in [0, 0.05) is 19.2 Å². The molecular weight excluding hydrogens is 474 g/mol. The predicted octanol–water partition coefficient (Wildman–Crippen LogP) is 3.74. The molecule has 1 N–H and O–H groups in total. The minimum Gasteiger partial charge on any atom is -0.355 e. The lowest BCUT2D eigenvalue weighted by Crippen LogP contribution is -2.55. The number of allylic oxidation sites excluding steroid dienone is 4. The fourth-order valence-corrected chi connectivity index (χ4v) is 4.70. The number of nitriles is 1. The van der Waals surface area contributed by atoms with Crippen molar-refractivity contribution in [2.24, 2.45) is 4.99 Å². The normalized spacial score (nSPS) is 19.7. The van der Waals surface area contributed by atoms with Gasteiger partial charge in [0.25, 0.3) is 11.8 Å². The van der Waals surface area contributed by atoms with E-state index in [1.807, 2.05) is 0 Å². The molecule has 0 aromatic heterocycles. The lowest BCUT2D eigenvalue weighted by atomic mass is 9.75. The Hall–Kier alpha value is -3.59. The molecule has 0 radical (unpaired) electrons. The van der Waals surface area contributed by atoms with Gasteiger partial charge in [-0.2, -0.15) is 18.4 Å². The third kappa shape index (κ3) is 3.56. The van der Waals surface area contributed by atoms with Gasteiger partial charge in [0.2, 0.25) is 0 Å². The molecule has 2 heterocycles. The number of thiocarbonyl (C=S) groups is 1. The van der Waals surface area contributed by atoms with E-state index in [0.717, 1.165) is 23.3 Å². The highest BCUT2D eigenvalue weighted by atomic mass is 32.1. The summed E-state index contributed by atoms with van der Waals surface area (Å²) in [6.45, 7) is 0. The largest absolute Gasteiger partial charge is 0.415 e. The van der Waals surface area contributed by atoms with Gasteiger partial charge in [-0.15, -0.1) is 0 Å². The summed E-state index contributed by atoms with van der Waals surface area (Å²) in [7, 11) is 1.37. The van der Waals surface area contributed by atoms with Crippen LogP contribution in [0.15, 0.2) is 46.2 Å². The third-order valence-electron chi connectivity index (χ3n) is 6.11. The number of alkyl halides is 3. The van der Waals surface area contributed by atoms with Crippen molar-refractivity contribution in [3.8, 4) is 6.07 Å². The minimum absolute atomic E-state index is 0.00164. The molecule has 2 aliphatic heterocycles. The van der Waals surface area contributed by atoms with Crippen LogP contribution in [0, 0.1) is 17.1 Å². The molecule has 1 aromatic carbocycles. The van der Waals surface area contributed by atoms with Gasteiger partial charge >= 0.3 is 6.18 Å². The molecule has 1 saturated heterocycles. The van der Waals surface area contributed by atoms with Crippen molar-refractivity contribution < 1.29 is 27.2 Å². The van der Waals surface area contributed by atoms with E-state index >= 15 is 0 Å². The number of hydrogen-bond acceptors (Lipinski definition) is 5. The zero-order valence-electron chi connectivity index (χ0n) is 17.7. The number of amides is 2. The second kappa shape index (κ2) is 8.32. The van der Waals surface area contributed by atoms with E-state index < -0.39 is 47.0 Å². The molecular formula is C22H17F4N5O2S. The number of nitrogens with zero attached hydrogens (tertiary/aromatic N) is 4. The van der Waals surface area contributed by atoms with E-state index in [1.165, 1.54) is 30.1 Å². The average molecular weight is 491 g/mol. The van der Waals surface area contributed by atoms with Crippen LogP contribution in [-0.4, -0.2) is 46.8 Å². The first-order valence-corrected chi connectivity index (χ1v) is 10.6. The lowest BCUT2D eigenvalue weighted by molar-refractivity contribution is -0.131. The van der Waals surface area contributed by atoms with Crippen LogP contribution in [0.2, 0.25) is 0 Å². The number of rotatable bonds is 3. The summed E-state index contributed by atoms with van der Waals surface area (Å²) in [5, 5.41) is 11.4. The molecule has 176 valence electrons. The zero-order valence-corrected chi connectivity index (χ0v) is 18.6. The van der Waals surface area contributed by atoms with Gasteiger partial charge in [0.1, 0.15) is 23.1 Å². The number of carbonyl (C=O) groups is 2. The van der Waals surface area contributed by atoms with Crippen molar-refractivity contribution in [1.82, 2.24) is 10.2 Å². The summed E-state index contributed by atoms with van der Waals surface area (Å²) in [4.78, 5) is 31.5. The number of benzene rings is 1. The molecule has 1 aromatic rings. The SMILES string of the molecule is CNC(=O)c1ccc(N2C(=S)N(C3=CCC(C(F)(F)F)=C(C#N)N=C3)C(=O)C23CCC3)cc1F. The van der Waals surface area contributed by atoms with E-state index in [-0.39, 0.29) is 22.1 Å². The molecule has 34 heavy (non-hydrogen) atoms. The highest BCUT2D eigenvalue weighted by Crippen LogP contribution is 2.48. The zero-order chi connectivity index (χ0) is 24.8. The molecule has 3 aliphatic rings. The van der Waals surface area contributed by atoms with Crippen LogP contribution in [0.1, 0.15) is 36.0 Å². The molecule has 0 bridgehead atoms. The van der Waals surface area contributed by atoms with Crippen LogP contribution < -0.4 is 10.2 Å². The fraction of sp³-hybridized carbons (Fsp3) is 0.318. The monoisotopic (exact) mass is 491 g/mol. The number of anilines is 1. The number of nitrogens with one attached hydrogen (secondary N) is 1. The maximum absolute atomic E-state index is 14.7. The molecule has 1 aliphatic carbocycles. The van der Waals surface area contributed by atoms with Crippen molar-refractivity contribution in [2.45, 2.75) is 37.4 Å². The highest BCUT2D eigenvalue weighted by Gasteiger charge is 2.60. The number of aliphatic imine (C=N–C) groups is 1. The predicted molar refractivity (Wildman–Crippen MR) is 118 cm³/mol. The van der Waals surface area contributed by atoms with Gasteiger partial charge in [-0.25, -0.2) is 9.38 Å². The van der Waals surface area contributed by atoms with E-state index in [9.17, 15) is 27.2 Å². The number of hydrogen-bond donors (Lipinski definition) is 1. The Kier molecular flexibility index (Phi) is 5.77. The van der Waals surface area contributed by atoms with Crippen LogP contribution in [0.3, 0.4) is 0 Å². The van der Waals surface area contributed by atoms with E-state index in [0.29, 0.717) is 19.3 Å². The topological polar surface area (TPSA) is 88.8 Å². The number of halogens is 4. The summed E-state index contributed by atoms with van der Waals surface area (Å²) < 4.78 is 54.7. The average Bonchev–Trinajstić information content (AvgIpc) is 2.88. The van der Waals surface area contributed by atoms with Crippen LogP contribution in [-0.2, 0) is 4.79 Å². The molecule has 12 heteroatoms. The van der Waals surface area contributed by atoms with Gasteiger partial charge in [0.05, 0.1) is 23.0 Å². The van der Waals surface area contributed by atoms with Crippen molar-refractivity contribution in [3.63, 3.8) is 0 Å². The fourth-order valence-electron chi connectivity index (χ4n) is 4.23. The molecule has 4 rings (SSSR count). The van der Waals surface area contributed by atoms with Gasteiger partial charge in [-0.3, -0.25) is 14.5 Å².